The number of benzene rings is 2. The molecule has 110 valence electrons. The summed E-state index contributed by atoms with van der Waals surface area (Å²) < 4.78 is 0.447. The van der Waals surface area contributed by atoms with E-state index in [1.807, 2.05) is 12.1 Å². The number of rotatable bonds is 2. The number of hydrogen-bond acceptors (Lipinski definition) is 3. The van der Waals surface area contributed by atoms with Crippen molar-refractivity contribution in [3.8, 4) is 11.5 Å². The molecule has 0 saturated carbocycles. The molecule has 0 atom stereocenters. The van der Waals surface area contributed by atoms with E-state index in [0.717, 1.165) is 5.56 Å². The molecule has 4 heteroatoms. The van der Waals surface area contributed by atoms with Crippen LogP contribution in [0.25, 0.3) is 0 Å². The Labute approximate surface area is 132 Å². The van der Waals surface area contributed by atoms with Crippen LogP contribution in [-0.2, 0) is 5.41 Å². The molecule has 0 heterocycles. The monoisotopic (exact) mass is 348 g/mol. The van der Waals surface area contributed by atoms with Crippen molar-refractivity contribution in [2.45, 2.75) is 26.2 Å². The van der Waals surface area contributed by atoms with Gasteiger partial charge in [0.25, 0.3) is 0 Å². The van der Waals surface area contributed by atoms with Gasteiger partial charge >= 0.3 is 0 Å². The molecule has 0 unspecified atom stereocenters. The smallest absolute Gasteiger partial charge is 0.194 e. The summed E-state index contributed by atoms with van der Waals surface area (Å²) in [5.74, 6) is -0.785. The van der Waals surface area contributed by atoms with Gasteiger partial charge in [0.2, 0.25) is 0 Å². The number of carbonyl (C=O) groups excluding carboxylic acids is 1. The van der Waals surface area contributed by atoms with Crippen molar-refractivity contribution in [1.29, 1.82) is 0 Å². The number of hydrogen-bond donors (Lipinski definition) is 2. The van der Waals surface area contributed by atoms with Gasteiger partial charge in [-0.3, -0.25) is 4.79 Å². The number of phenols is 2. The van der Waals surface area contributed by atoms with Crippen molar-refractivity contribution >= 4 is 21.7 Å². The zero-order chi connectivity index (χ0) is 15.8. The Morgan fingerprint density at radius 2 is 1.52 bits per heavy atom. The minimum Gasteiger partial charge on any atom is -0.504 e. The van der Waals surface area contributed by atoms with E-state index >= 15 is 0 Å². The molecule has 0 amide bonds. The quantitative estimate of drug-likeness (QED) is 0.625. The average molecular weight is 349 g/mol. The largest absolute Gasteiger partial charge is 0.504 e. The molecule has 0 spiro atoms. The summed E-state index contributed by atoms with van der Waals surface area (Å²) >= 11 is 3.23. The molecule has 0 aliphatic heterocycles. The highest BCUT2D eigenvalue weighted by Crippen LogP contribution is 2.33. The molecule has 0 bridgehead atoms. The lowest BCUT2D eigenvalue weighted by Gasteiger charge is -2.19. The highest BCUT2D eigenvalue weighted by molar-refractivity contribution is 9.10. The Morgan fingerprint density at radius 1 is 1.00 bits per heavy atom. The second kappa shape index (κ2) is 5.53. The van der Waals surface area contributed by atoms with Gasteiger partial charge in [-0.2, -0.15) is 0 Å². The Balaban J connectivity index is 2.39. The minimum atomic E-state index is -0.312. The first kappa shape index (κ1) is 15.6. The Hall–Kier alpha value is -1.81. The van der Waals surface area contributed by atoms with E-state index in [1.165, 1.54) is 12.1 Å². The number of phenolic OH excluding ortho intramolecular Hbond substituents is 2. The van der Waals surface area contributed by atoms with Gasteiger partial charge in [-0.1, -0.05) is 45.0 Å². The van der Waals surface area contributed by atoms with Crippen molar-refractivity contribution in [3.05, 3.63) is 57.6 Å². The summed E-state index contributed by atoms with van der Waals surface area (Å²) in [4.78, 5) is 12.5. The maximum absolute atomic E-state index is 12.5. The first-order valence-electron chi connectivity index (χ1n) is 6.57. The predicted octanol–water partition coefficient (Wildman–Crippen LogP) is 4.39. The Morgan fingerprint density at radius 3 is 2.05 bits per heavy atom. The van der Waals surface area contributed by atoms with Crippen LogP contribution in [0.4, 0.5) is 0 Å². The van der Waals surface area contributed by atoms with Gasteiger partial charge in [-0.05, 0) is 39.0 Å². The molecule has 21 heavy (non-hydrogen) atoms. The standard InChI is InChI=1S/C17H17BrO3/c1-17(2,3)11-6-4-10(5-7-11)16(21)12-8-14(19)15(20)9-13(12)18/h4-9,19-20H,1-3H3. The lowest BCUT2D eigenvalue weighted by molar-refractivity contribution is 0.103. The van der Waals surface area contributed by atoms with Crippen LogP contribution in [0.5, 0.6) is 11.5 Å². The minimum absolute atomic E-state index is 0.0268. The summed E-state index contributed by atoms with van der Waals surface area (Å²) in [6.07, 6.45) is 0. The SMILES string of the molecule is CC(C)(C)c1ccc(C(=O)c2cc(O)c(O)cc2Br)cc1. The van der Waals surface area contributed by atoms with Gasteiger partial charge in [0.15, 0.2) is 17.3 Å². The van der Waals surface area contributed by atoms with E-state index in [2.05, 4.69) is 36.7 Å². The molecule has 0 aliphatic carbocycles. The second-order valence-electron chi connectivity index (χ2n) is 5.98. The van der Waals surface area contributed by atoms with Crippen LogP contribution in [0.3, 0.4) is 0 Å². The van der Waals surface area contributed by atoms with Crippen LogP contribution < -0.4 is 0 Å². The summed E-state index contributed by atoms with van der Waals surface area (Å²) in [6.45, 7) is 6.33. The molecule has 0 aromatic heterocycles. The summed E-state index contributed by atoms with van der Waals surface area (Å²) in [5, 5.41) is 19.0. The third-order valence-electron chi connectivity index (χ3n) is 3.32. The number of carbonyl (C=O) groups is 1. The third kappa shape index (κ3) is 3.27. The fourth-order valence-electron chi connectivity index (χ4n) is 2.00. The highest BCUT2D eigenvalue weighted by Gasteiger charge is 2.18. The van der Waals surface area contributed by atoms with Gasteiger partial charge in [0.1, 0.15) is 0 Å². The summed E-state index contributed by atoms with van der Waals surface area (Å²) in [7, 11) is 0. The zero-order valence-corrected chi connectivity index (χ0v) is 13.7. The van der Waals surface area contributed by atoms with Gasteiger partial charge in [-0.25, -0.2) is 0 Å². The number of halogens is 1. The highest BCUT2D eigenvalue weighted by atomic mass is 79.9. The summed E-state index contributed by atoms with van der Waals surface area (Å²) in [5.41, 5.74) is 2.02. The topological polar surface area (TPSA) is 57.5 Å². The van der Waals surface area contributed by atoms with Crippen molar-refractivity contribution in [1.82, 2.24) is 0 Å². The Bertz CT molecular complexity index is 682. The molecule has 0 radical (unpaired) electrons. The van der Waals surface area contributed by atoms with Crippen molar-refractivity contribution in [3.63, 3.8) is 0 Å². The zero-order valence-electron chi connectivity index (χ0n) is 12.1. The maximum Gasteiger partial charge on any atom is 0.194 e. The molecule has 0 saturated heterocycles. The molecule has 2 N–H and O–H groups in total. The van der Waals surface area contributed by atoms with Crippen LogP contribution in [0.1, 0.15) is 42.3 Å². The molecule has 0 fully saturated rings. The van der Waals surface area contributed by atoms with E-state index in [1.54, 1.807) is 12.1 Å². The molecular weight excluding hydrogens is 332 g/mol. The normalized spacial score (nSPS) is 11.4. The van der Waals surface area contributed by atoms with Crippen molar-refractivity contribution in [2.24, 2.45) is 0 Å². The van der Waals surface area contributed by atoms with E-state index < -0.39 is 0 Å². The molecule has 3 nitrogen and oxygen atoms in total. The first-order chi connectivity index (χ1) is 9.70. The van der Waals surface area contributed by atoms with Crippen molar-refractivity contribution in [2.75, 3.05) is 0 Å². The van der Waals surface area contributed by atoms with Crippen molar-refractivity contribution < 1.29 is 15.0 Å². The van der Waals surface area contributed by atoms with Crippen LogP contribution in [0.2, 0.25) is 0 Å². The second-order valence-corrected chi connectivity index (χ2v) is 6.83. The third-order valence-corrected chi connectivity index (χ3v) is 3.98. The van der Waals surface area contributed by atoms with E-state index in [0.29, 0.717) is 15.6 Å². The van der Waals surface area contributed by atoms with Gasteiger partial charge in [-0.15, -0.1) is 0 Å². The van der Waals surface area contributed by atoms with E-state index in [4.69, 9.17) is 0 Å². The van der Waals surface area contributed by atoms with Crippen LogP contribution in [0.15, 0.2) is 40.9 Å². The Kier molecular flexibility index (Phi) is 4.10. The van der Waals surface area contributed by atoms with Crippen LogP contribution >= 0.6 is 15.9 Å². The molecular formula is C17H17BrO3. The molecule has 2 rings (SSSR count). The maximum atomic E-state index is 12.5. The van der Waals surface area contributed by atoms with Gasteiger partial charge < -0.3 is 10.2 Å². The van der Waals surface area contributed by atoms with Crippen LogP contribution in [-0.4, -0.2) is 16.0 Å². The lowest BCUT2D eigenvalue weighted by atomic mass is 9.86. The molecule has 0 aliphatic rings. The fraction of sp³-hybridized carbons (Fsp3) is 0.235. The number of aromatic hydroxyl groups is 2. The number of ketones is 1. The van der Waals surface area contributed by atoms with Gasteiger partial charge in [0.05, 0.1) is 0 Å². The summed E-state index contributed by atoms with van der Waals surface area (Å²) in [6, 6.07) is 9.99. The van der Waals surface area contributed by atoms with E-state index in [9.17, 15) is 15.0 Å². The predicted molar refractivity (Wildman–Crippen MR) is 86.0 cm³/mol. The van der Waals surface area contributed by atoms with E-state index in [-0.39, 0.29) is 22.7 Å². The fourth-order valence-corrected chi connectivity index (χ4v) is 2.51. The van der Waals surface area contributed by atoms with Gasteiger partial charge in [0, 0.05) is 15.6 Å². The average Bonchev–Trinajstić information content (AvgIpc) is 2.41. The first-order valence-corrected chi connectivity index (χ1v) is 7.36. The molecule has 2 aromatic rings. The van der Waals surface area contributed by atoms with Crippen LogP contribution in [0, 0.1) is 0 Å². The lowest BCUT2D eigenvalue weighted by Crippen LogP contribution is -2.11. The molecule has 2 aromatic carbocycles.